The molecule has 2 N–H and O–H groups in total. The predicted molar refractivity (Wildman–Crippen MR) is 76.2 cm³/mol. The van der Waals surface area contributed by atoms with Gasteiger partial charge in [0.15, 0.2) is 0 Å². The maximum Gasteiger partial charge on any atom is 0.0419 e. The molecule has 0 bridgehead atoms. The lowest BCUT2D eigenvalue weighted by Crippen LogP contribution is -2.35. The lowest BCUT2D eigenvalue weighted by Gasteiger charge is -2.33. The van der Waals surface area contributed by atoms with Crippen LogP contribution in [0.5, 0.6) is 0 Å². The van der Waals surface area contributed by atoms with Crippen molar-refractivity contribution in [3.8, 4) is 0 Å². The molecule has 2 heteroatoms. The van der Waals surface area contributed by atoms with Gasteiger partial charge < -0.3 is 5.73 Å². The van der Waals surface area contributed by atoms with Crippen LogP contribution in [0.1, 0.15) is 45.2 Å². The molecule has 0 amide bonds. The van der Waals surface area contributed by atoms with Gasteiger partial charge in [0.1, 0.15) is 0 Å². The van der Waals surface area contributed by atoms with E-state index in [-0.39, 0.29) is 6.04 Å². The lowest BCUT2D eigenvalue weighted by molar-refractivity contribution is 0.202. The molecule has 1 aliphatic rings. The van der Waals surface area contributed by atoms with Crippen LogP contribution in [0.15, 0.2) is 24.4 Å². The van der Waals surface area contributed by atoms with Gasteiger partial charge in [-0.3, -0.25) is 4.98 Å². The van der Waals surface area contributed by atoms with E-state index in [2.05, 4.69) is 24.9 Å². The van der Waals surface area contributed by atoms with Gasteiger partial charge in [-0.05, 0) is 55.6 Å². The van der Waals surface area contributed by atoms with Crippen molar-refractivity contribution in [1.82, 2.24) is 4.98 Å². The van der Waals surface area contributed by atoms with Gasteiger partial charge in [0, 0.05) is 24.4 Å². The molecule has 100 valence electrons. The Hall–Kier alpha value is -0.890. The molecule has 1 saturated carbocycles. The zero-order valence-corrected chi connectivity index (χ0v) is 11.7. The first-order chi connectivity index (χ1) is 8.66. The summed E-state index contributed by atoms with van der Waals surface area (Å²) in [4.78, 5) is 4.38. The van der Waals surface area contributed by atoms with Crippen molar-refractivity contribution in [3.05, 3.63) is 30.1 Å². The van der Waals surface area contributed by atoms with Crippen LogP contribution in [0.3, 0.4) is 0 Å². The molecule has 2 rings (SSSR count). The van der Waals surface area contributed by atoms with Crippen LogP contribution in [0.4, 0.5) is 0 Å². The Morgan fingerprint density at radius 2 is 1.83 bits per heavy atom. The Morgan fingerprint density at radius 1 is 1.17 bits per heavy atom. The molecule has 1 aromatic rings. The normalized spacial score (nSPS) is 26.2. The zero-order chi connectivity index (χ0) is 13.0. The molecule has 1 heterocycles. The molecule has 0 aromatic carbocycles. The summed E-state index contributed by atoms with van der Waals surface area (Å²) in [5, 5.41) is 0. The highest BCUT2D eigenvalue weighted by Crippen LogP contribution is 2.34. The molecule has 1 unspecified atom stereocenters. The number of aromatic nitrogens is 1. The smallest absolute Gasteiger partial charge is 0.0419 e. The fourth-order valence-electron chi connectivity index (χ4n) is 3.17. The van der Waals surface area contributed by atoms with Crippen molar-refractivity contribution < 1.29 is 0 Å². The topological polar surface area (TPSA) is 38.9 Å². The second-order valence-corrected chi connectivity index (χ2v) is 6.11. The predicted octanol–water partition coefficient (Wildman–Crippen LogP) is 3.41. The molecule has 1 atom stereocenters. The van der Waals surface area contributed by atoms with Crippen molar-refractivity contribution in [2.75, 3.05) is 0 Å². The first kappa shape index (κ1) is 13.5. The van der Waals surface area contributed by atoms with Crippen molar-refractivity contribution in [2.45, 2.75) is 52.0 Å². The van der Waals surface area contributed by atoms with E-state index < -0.39 is 0 Å². The van der Waals surface area contributed by atoms with Crippen LogP contribution < -0.4 is 5.73 Å². The summed E-state index contributed by atoms with van der Waals surface area (Å²) >= 11 is 0. The number of hydrogen-bond acceptors (Lipinski definition) is 2. The summed E-state index contributed by atoms with van der Waals surface area (Å²) in [7, 11) is 0. The molecular formula is C16H26N2. The first-order valence-electron chi connectivity index (χ1n) is 7.32. The fourth-order valence-corrected chi connectivity index (χ4v) is 3.17. The van der Waals surface area contributed by atoms with Gasteiger partial charge in [0.25, 0.3) is 0 Å². The van der Waals surface area contributed by atoms with Crippen molar-refractivity contribution in [1.29, 1.82) is 0 Å². The number of pyridine rings is 1. The molecule has 0 radical (unpaired) electrons. The summed E-state index contributed by atoms with van der Waals surface area (Å²) in [6.45, 7) is 4.69. The standard InChI is InChI=1S/C16H26N2/c1-12(2)13-6-8-14(9-7-13)16(17)11-15-5-3-4-10-18-15/h3-5,10,12-14,16H,6-9,11,17H2,1-2H3. The average molecular weight is 246 g/mol. The minimum absolute atomic E-state index is 0.285. The van der Waals surface area contributed by atoms with E-state index >= 15 is 0 Å². The molecule has 0 spiro atoms. The number of nitrogens with zero attached hydrogens (tertiary/aromatic N) is 1. The van der Waals surface area contributed by atoms with E-state index in [9.17, 15) is 0 Å². The highest BCUT2D eigenvalue weighted by Gasteiger charge is 2.27. The van der Waals surface area contributed by atoms with E-state index in [4.69, 9.17) is 5.73 Å². The monoisotopic (exact) mass is 246 g/mol. The largest absolute Gasteiger partial charge is 0.327 e. The quantitative estimate of drug-likeness (QED) is 0.884. The van der Waals surface area contributed by atoms with Gasteiger partial charge in [-0.25, -0.2) is 0 Å². The maximum absolute atomic E-state index is 6.36. The van der Waals surface area contributed by atoms with Crippen LogP contribution in [-0.4, -0.2) is 11.0 Å². The van der Waals surface area contributed by atoms with E-state index in [1.807, 2.05) is 18.3 Å². The number of nitrogens with two attached hydrogens (primary N) is 1. The summed E-state index contributed by atoms with van der Waals surface area (Å²) in [6.07, 6.45) is 8.11. The van der Waals surface area contributed by atoms with Crippen LogP contribution >= 0.6 is 0 Å². The molecule has 2 nitrogen and oxygen atoms in total. The molecular weight excluding hydrogens is 220 g/mol. The third kappa shape index (κ3) is 3.55. The maximum atomic E-state index is 6.36. The van der Waals surface area contributed by atoms with Crippen molar-refractivity contribution >= 4 is 0 Å². The first-order valence-corrected chi connectivity index (χ1v) is 7.32. The van der Waals surface area contributed by atoms with Gasteiger partial charge >= 0.3 is 0 Å². The molecule has 1 aliphatic carbocycles. The Kier molecular flexibility index (Phi) is 4.76. The number of rotatable bonds is 4. The minimum atomic E-state index is 0.285. The molecule has 0 saturated heterocycles. The summed E-state index contributed by atoms with van der Waals surface area (Å²) < 4.78 is 0. The Labute approximate surface area is 111 Å². The van der Waals surface area contributed by atoms with Gasteiger partial charge in [-0.15, -0.1) is 0 Å². The van der Waals surface area contributed by atoms with Gasteiger partial charge in [0.05, 0.1) is 0 Å². The van der Waals surface area contributed by atoms with Crippen LogP contribution in [-0.2, 0) is 6.42 Å². The summed E-state index contributed by atoms with van der Waals surface area (Å²) in [5.74, 6) is 2.45. The lowest BCUT2D eigenvalue weighted by atomic mass is 9.74. The zero-order valence-electron chi connectivity index (χ0n) is 11.7. The van der Waals surface area contributed by atoms with E-state index in [0.29, 0.717) is 5.92 Å². The Morgan fingerprint density at radius 3 is 2.39 bits per heavy atom. The van der Waals surface area contributed by atoms with Gasteiger partial charge in [-0.2, -0.15) is 0 Å². The van der Waals surface area contributed by atoms with Gasteiger partial charge in [0.2, 0.25) is 0 Å². The van der Waals surface area contributed by atoms with Crippen molar-refractivity contribution in [2.24, 2.45) is 23.5 Å². The second kappa shape index (κ2) is 6.33. The highest BCUT2D eigenvalue weighted by atomic mass is 14.7. The number of hydrogen-bond donors (Lipinski definition) is 1. The van der Waals surface area contributed by atoms with E-state index in [1.54, 1.807) is 0 Å². The molecule has 18 heavy (non-hydrogen) atoms. The Balaban J connectivity index is 1.82. The highest BCUT2D eigenvalue weighted by molar-refractivity contribution is 5.05. The minimum Gasteiger partial charge on any atom is -0.327 e. The van der Waals surface area contributed by atoms with E-state index in [1.165, 1.54) is 25.7 Å². The fraction of sp³-hybridized carbons (Fsp3) is 0.688. The van der Waals surface area contributed by atoms with Gasteiger partial charge in [-0.1, -0.05) is 19.9 Å². The van der Waals surface area contributed by atoms with Crippen LogP contribution in [0.25, 0.3) is 0 Å². The third-order valence-electron chi connectivity index (χ3n) is 4.54. The van der Waals surface area contributed by atoms with Crippen molar-refractivity contribution in [3.63, 3.8) is 0 Å². The molecule has 1 fully saturated rings. The summed E-state index contributed by atoms with van der Waals surface area (Å²) in [6, 6.07) is 6.38. The summed E-state index contributed by atoms with van der Waals surface area (Å²) in [5.41, 5.74) is 7.50. The van der Waals surface area contributed by atoms with Crippen LogP contribution in [0, 0.1) is 17.8 Å². The molecule has 0 aliphatic heterocycles. The SMILES string of the molecule is CC(C)C1CCC(C(N)Cc2ccccn2)CC1. The van der Waals surface area contributed by atoms with Crippen LogP contribution in [0.2, 0.25) is 0 Å². The Bertz CT molecular complexity index is 339. The third-order valence-corrected chi connectivity index (χ3v) is 4.54. The van der Waals surface area contributed by atoms with E-state index in [0.717, 1.165) is 24.0 Å². The second-order valence-electron chi connectivity index (χ2n) is 6.11. The average Bonchev–Trinajstić information content (AvgIpc) is 2.40. The molecule has 1 aromatic heterocycles.